The monoisotopic (exact) mass is 260 g/mol. The molecular weight excluding hydrogens is 260 g/mol. The van der Waals surface area contributed by atoms with E-state index in [1.807, 2.05) is 0 Å². The topological polar surface area (TPSA) is 86.7 Å². The Balaban J connectivity index is 3.43. The van der Waals surface area contributed by atoms with E-state index in [1.165, 1.54) is 0 Å². The van der Waals surface area contributed by atoms with Gasteiger partial charge in [-0.3, -0.25) is 0 Å². The van der Waals surface area contributed by atoms with E-state index in [0.29, 0.717) is 0 Å². The van der Waals surface area contributed by atoms with Crippen molar-refractivity contribution in [2.75, 3.05) is 0 Å². The summed E-state index contributed by atoms with van der Waals surface area (Å²) >= 11 is 0. The van der Waals surface area contributed by atoms with Crippen LogP contribution in [0.3, 0.4) is 0 Å². The SMILES string of the molecule is O=S1(=O)OC(F)(F)C(F)(F)S(=O)(=O)O1. The third kappa shape index (κ3) is 1.47. The molecule has 1 saturated heterocycles. The predicted molar refractivity (Wildman–Crippen MR) is 29.9 cm³/mol. The molecule has 0 aromatic rings. The first-order valence-corrected chi connectivity index (χ1v) is 5.32. The molecule has 0 amide bonds. The fourth-order valence-corrected chi connectivity index (χ4v) is 2.57. The first kappa shape index (κ1) is 11.6. The van der Waals surface area contributed by atoms with Crippen molar-refractivity contribution in [1.82, 2.24) is 0 Å². The highest BCUT2D eigenvalue weighted by atomic mass is 32.3. The van der Waals surface area contributed by atoms with Crippen LogP contribution in [0.15, 0.2) is 0 Å². The van der Waals surface area contributed by atoms with Crippen molar-refractivity contribution >= 4 is 20.5 Å². The van der Waals surface area contributed by atoms with Gasteiger partial charge in [-0.05, 0) is 0 Å². The minimum Gasteiger partial charge on any atom is -0.191 e. The highest BCUT2D eigenvalue weighted by Gasteiger charge is 2.75. The van der Waals surface area contributed by atoms with Crippen molar-refractivity contribution in [2.45, 2.75) is 11.4 Å². The molecule has 0 N–H and O–H groups in total. The molecule has 0 saturated carbocycles. The molecule has 14 heavy (non-hydrogen) atoms. The third-order valence-electron chi connectivity index (χ3n) is 1.03. The lowest BCUT2D eigenvalue weighted by Gasteiger charge is -2.27. The molecule has 6 nitrogen and oxygen atoms in total. The molecule has 0 aromatic carbocycles. The number of rotatable bonds is 0. The van der Waals surface area contributed by atoms with Gasteiger partial charge in [-0.2, -0.15) is 38.6 Å². The second-order valence-electron chi connectivity index (χ2n) is 2.05. The Kier molecular flexibility index (Phi) is 2.12. The Morgan fingerprint density at radius 1 is 0.929 bits per heavy atom. The smallest absolute Gasteiger partial charge is 0.191 e. The van der Waals surface area contributed by atoms with Crippen LogP contribution in [0.5, 0.6) is 0 Å². The van der Waals surface area contributed by atoms with Crippen LogP contribution >= 0.6 is 0 Å². The Bertz CT molecular complexity index is 446. The summed E-state index contributed by atoms with van der Waals surface area (Å²) in [6, 6.07) is 0. The van der Waals surface area contributed by atoms with Crippen LogP contribution in [-0.2, 0) is 28.3 Å². The van der Waals surface area contributed by atoms with Gasteiger partial charge in [0.15, 0.2) is 0 Å². The number of hydrogen-bond acceptors (Lipinski definition) is 6. The fourth-order valence-electron chi connectivity index (χ4n) is 0.489. The second-order valence-corrected chi connectivity index (χ2v) is 5.00. The average Bonchev–Trinajstić information content (AvgIpc) is 1.77. The molecule has 0 aromatic heterocycles. The lowest BCUT2D eigenvalue weighted by Crippen LogP contribution is -2.55. The van der Waals surface area contributed by atoms with Crippen molar-refractivity contribution in [3.8, 4) is 0 Å². The normalized spacial score (nSPS) is 32.3. The van der Waals surface area contributed by atoms with Crippen LogP contribution in [0.25, 0.3) is 0 Å². The van der Waals surface area contributed by atoms with Crippen molar-refractivity contribution < 1.29 is 42.2 Å². The molecule has 0 radical (unpaired) electrons. The van der Waals surface area contributed by atoms with Crippen LogP contribution in [-0.4, -0.2) is 28.2 Å². The highest BCUT2D eigenvalue weighted by molar-refractivity contribution is 7.99. The van der Waals surface area contributed by atoms with Crippen molar-refractivity contribution in [3.05, 3.63) is 0 Å². The van der Waals surface area contributed by atoms with Crippen LogP contribution in [0.2, 0.25) is 0 Å². The van der Waals surface area contributed by atoms with Crippen LogP contribution in [0, 0.1) is 0 Å². The average molecular weight is 260 g/mol. The zero-order valence-electron chi connectivity index (χ0n) is 5.78. The Morgan fingerprint density at radius 3 is 1.71 bits per heavy atom. The van der Waals surface area contributed by atoms with Gasteiger partial charge in [-0.1, -0.05) is 0 Å². The van der Waals surface area contributed by atoms with E-state index in [9.17, 15) is 34.4 Å². The van der Waals surface area contributed by atoms with E-state index >= 15 is 0 Å². The first-order valence-electron chi connectivity index (χ1n) is 2.58. The summed E-state index contributed by atoms with van der Waals surface area (Å²) < 4.78 is 94.7. The summed E-state index contributed by atoms with van der Waals surface area (Å²) in [6.07, 6.45) is -5.69. The molecule has 1 heterocycles. The first-order chi connectivity index (χ1) is 5.91. The Morgan fingerprint density at radius 2 is 1.36 bits per heavy atom. The van der Waals surface area contributed by atoms with Gasteiger partial charge in [0.25, 0.3) is 0 Å². The number of halogens is 4. The molecule has 0 bridgehead atoms. The molecule has 1 aliphatic rings. The largest absolute Gasteiger partial charge is 0.462 e. The molecule has 1 rings (SSSR count). The maximum absolute atomic E-state index is 12.3. The molecule has 0 spiro atoms. The molecule has 1 aliphatic heterocycles. The summed E-state index contributed by atoms with van der Waals surface area (Å²) in [4.78, 5) is 0. The lowest BCUT2D eigenvalue weighted by molar-refractivity contribution is -0.280. The van der Waals surface area contributed by atoms with E-state index in [4.69, 9.17) is 0 Å². The molecular formula is C2F4O6S2. The number of hydrogen-bond donors (Lipinski definition) is 0. The molecule has 84 valence electrons. The fraction of sp³-hybridized carbons (Fsp3) is 1.00. The quantitative estimate of drug-likeness (QED) is 0.560. The molecule has 12 heteroatoms. The molecule has 0 aliphatic carbocycles. The van der Waals surface area contributed by atoms with Gasteiger partial charge in [0.05, 0.1) is 0 Å². The van der Waals surface area contributed by atoms with Gasteiger partial charge in [0.1, 0.15) is 0 Å². The standard InChI is InChI=1S/C2F4O6S2/c3-1(4)2(5,6)13(7,8)12-14(9,10)11-1. The number of alkyl halides is 4. The Hall–Kier alpha value is -0.460. The summed E-state index contributed by atoms with van der Waals surface area (Å²) in [5.41, 5.74) is 0. The van der Waals surface area contributed by atoms with Gasteiger partial charge < -0.3 is 0 Å². The van der Waals surface area contributed by atoms with E-state index in [-0.39, 0.29) is 0 Å². The Labute approximate surface area is 74.9 Å². The van der Waals surface area contributed by atoms with Crippen LogP contribution < -0.4 is 0 Å². The summed E-state index contributed by atoms with van der Waals surface area (Å²) in [6.45, 7) is 0. The molecule has 0 unspecified atom stereocenters. The third-order valence-corrected chi connectivity index (χ3v) is 3.69. The second kappa shape index (κ2) is 2.56. The van der Waals surface area contributed by atoms with E-state index < -0.39 is 31.9 Å². The van der Waals surface area contributed by atoms with Crippen molar-refractivity contribution in [3.63, 3.8) is 0 Å². The highest BCUT2D eigenvalue weighted by Crippen LogP contribution is 2.45. The van der Waals surface area contributed by atoms with Gasteiger partial charge in [0, 0.05) is 0 Å². The summed E-state index contributed by atoms with van der Waals surface area (Å²) in [5.74, 6) is 0. The van der Waals surface area contributed by atoms with Crippen LogP contribution in [0.1, 0.15) is 0 Å². The minimum atomic E-state index is -6.27. The predicted octanol–water partition coefficient (Wildman–Crippen LogP) is -0.207. The summed E-state index contributed by atoms with van der Waals surface area (Å²) in [5, 5.41) is -5.76. The zero-order chi connectivity index (χ0) is 11.4. The van der Waals surface area contributed by atoms with Gasteiger partial charge in [-0.15, -0.1) is 3.63 Å². The van der Waals surface area contributed by atoms with E-state index in [1.54, 1.807) is 0 Å². The zero-order valence-corrected chi connectivity index (χ0v) is 7.41. The van der Waals surface area contributed by atoms with Crippen molar-refractivity contribution in [1.29, 1.82) is 0 Å². The minimum absolute atomic E-state index is 2.50. The van der Waals surface area contributed by atoms with Crippen molar-refractivity contribution in [2.24, 2.45) is 0 Å². The molecule has 1 fully saturated rings. The maximum Gasteiger partial charge on any atom is 0.462 e. The van der Waals surface area contributed by atoms with Gasteiger partial charge in [-0.25, -0.2) is 0 Å². The lowest BCUT2D eigenvalue weighted by atomic mass is 10.7. The summed E-state index contributed by atoms with van der Waals surface area (Å²) in [7, 11) is -12.0. The maximum atomic E-state index is 12.3. The van der Waals surface area contributed by atoms with Gasteiger partial charge >= 0.3 is 31.9 Å². The molecule has 0 atom stereocenters. The van der Waals surface area contributed by atoms with Crippen LogP contribution in [0.4, 0.5) is 17.6 Å². The van der Waals surface area contributed by atoms with Gasteiger partial charge in [0.2, 0.25) is 0 Å². The van der Waals surface area contributed by atoms with E-state index in [2.05, 4.69) is 7.81 Å². The van der Waals surface area contributed by atoms with E-state index in [0.717, 1.165) is 0 Å².